The third kappa shape index (κ3) is 4.92. The molecule has 2 rings (SSSR count). The Labute approximate surface area is 156 Å². The minimum atomic E-state index is -4.59. The maximum absolute atomic E-state index is 13.0. The van der Waals surface area contributed by atoms with E-state index in [0.29, 0.717) is 37.1 Å². The third-order valence-electron chi connectivity index (χ3n) is 4.18. The predicted molar refractivity (Wildman–Crippen MR) is 95.2 cm³/mol. The van der Waals surface area contributed by atoms with E-state index in [9.17, 15) is 21.6 Å². The van der Waals surface area contributed by atoms with Gasteiger partial charge in [-0.1, -0.05) is 18.5 Å². The molecule has 0 aliphatic heterocycles. The van der Waals surface area contributed by atoms with Gasteiger partial charge in [-0.3, -0.25) is 0 Å². The summed E-state index contributed by atoms with van der Waals surface area (Å²) in [6.07, 6.45) is -2.98. The van der Waals surface area contributed by atoms with Crippen molar-refractivity contribution in [3.63, 3.8) is 0 Å². The molecule has 0 aliphatic carbocycles. The molecule has 0 saturated carbocycles. The SMILES string of the molecule is CCCc1c(OCCCN(C)S(=O)(=O)CC)ccc2c(C(F)(F)F)noc12. The fourth-order valence-corrected chi connectivity index (χ4v) is 3.54. The van der Waals surface area contributed by atoms with Crippen LogP contribution in [0.5, 0.6) is 5.75 Å². The number of ether oxygens (including phenoxy) is 1. The van der Waals surface area contributed by atoms with Crippen LogP contribution in [0.1, 0.15) is 37.9 Å². The molecule has 1 heterocycles. The quantitative estimate of drug-likeness (QED) is 0.590. The summed E-state index contributed by atoms with van der Waals surface area (Å²) in [6, 6.07) is 2.77. The normalized spacial score (nSPS) is 12.9. The molecule has 1 aromatic carbocycles. The highest BCUT2D eigenvalue weighted by molar-refractivity contribution is 7.89. The van der Waals surface area contributed by atoms with Gasteiger partial charge in [0.15, 0.2) is 11.3 Å². The highest BCUT2D eigenvalue weighted by atomic mass is 32.2. The van der Waals surface area contributed by atoms with Crippen LogP contribution in [0.4, 0.5) is 13.2 Å². The average Bonchev–Trinajstić information content (AvgIpc) is 3.04. The summed E-state index contributed by atoms with van der Waals surface area (Å²) < 4.78 is 74.4. The first-order valence-corrected chi connectivity index (χ1v) is 10.3. The molecule has 0 radical (unpaired) electrons. The highest BCUT2D eigenvalue weighted by Crippen LogP contribution is 2.38. The summed E-state index contributed by atoms with van der Waals surface area (Å²) in [7, 11) is -1.75. The first kappa shape index (κ1) is 21.5. The number of halogens is 3. The second-order valence-electron chi connectivity index (χ2n) is 6.12. The predicted octanol–water partition coefficient (Wildman–Crippen LogP) is 3.85. The summed E-state index contributed by atoms with van der Waals surface area (Å²) in [5.74, 6) is 0.449. The minimum Gasteiger partial charge on any atom is -0.493 e. The smallest absolute Gasteiger partial charge is 0.437 e. The molecule has 0 aliphatic rings. The summed E-state index contributed by atoms with van der Waals surface area (Å²) >= 11 is 0. The van der Waals surface area contributed by atoms with Crippen LogP contribution in [-0.4, -0.2) is 43.8 Å². The number of fused-ring (bicyclic) bond motifs is 1. The van der Waals surface area contributed by atoms with Crippen molar-refractivity contribution in [2.75, 3.05) is 26.0 Å². The lowest BCUT2D eigenvalue weighted by Gasteiger charge is -2.16. The topological polar surface area (TPSA) is 72.6 Å². The Balaban J connectivity index is 2.15. The van der Waals surface area contributed by atoms with E-state index in [1.54, 1.807) is 6.92 Å². The number of rotatable bonds is 9. The second-order valence-corrected chi connectivity index (χ2v) is 8.49. The Morgan fingerprint density at radius 1 is 1.26 bits per heavy atom. The number of benzene rings is 1. The van der Waals surface area contributed by atoms with Crippen LogP contribution >= 0.6 is 0 Å². The van der Waals surface area contributed by atoms with E-state index in [-0.39, 0.29) is 23.3 Å². The Morgan fingerprint density at radius 2 is 1.96 bits per heavy atom. The molecule has 1 aromatic heterocycles. The van der Waals surface area contributed by atoms with Crippen molar-refractivity contribution in [1.82, 2.24) is 9.46 Å². The Bertz CT molecular complexity index is 878. The monoisotopic (exact) mass is 408 g/mol. The van der Waals surface area contributed by atoms with E-state index in [0.717, 1.165) is 0 Å². The van der Waals surface area contributed by atoms with E-state index < -0.39 is 21.9 Å². The van der Waals surface area contributed by atoms with Crippen LogP contribution in [0.15, 0.2) is 16.7 Å². The van der Waals surface area contributed by atoms with E-state index in [4.69, 9.17) is 9.26 Å². The maximum atomic E-state index is 13.0. The zero-order valence-corrected chi connectivity index (χ0v) is 16.3. The van der Waals surface area contributed by atoms with E-state index in [1.165, 1.54) is 23.5 Å². The molecule has 0 atom stereocenters. The Morgan fingerprint density at radius 3 is 2.56 bits per heavy atom. The number of aryl methyl sites for hydroxylation is 1. The zero-order chi connectivity index (χ0) is 20.2. The summed E-state index contributed by atoms with van der Waals surface area (Å²) in [5, 5.41) is 3.09. The largest absolute Gasteiger partial charge is 0.493 e. The van der Waals surface area contributed by atoms with Crippen LogP contribution in [0.2, 0.25) is 0 Å². The second kappa shape index (κ2) is 8.47. The van der Waals surface area contributed by atoms with Gasteiger partial charge >= 0.3 is 6.18 Å². The van der Waals surface area contributed by atoms with Gasteiger partial charge in [-0.25, -0.2) is 12.7 Å². The van der Waals surface area contributed by atoms with Crippen LogP contribution in [0, 0.1) is 0 Å². The van der Waals surface area contributed by atoms with Crippen molar-refractivity contribution in [3.05, 3.63) is 23.4 Å². The minimum absolute atomic E-state index is 0.0225. The number of aromatic nitrogens is 1. The number of sulfonamides is 1. The fraction of sp³-hybridized carbons (Fsp3) is 0.588. The molecule has 0 bridgehead atoms. The molecule has 0 unspecified atom stereocenters. The summed E-state index contributed by atoms with van der Waals surface area (Å²) in [6.45, 7) is 3.99. The summed E-state index contributed by atoms with van der Waals surface area (Å²) in [4.78, 5) is 0. The molecular weight excluding hydrogens is 385 g/mol. The van der Waals surface area contributed by atoms with Gasteiger partial charge in [0.25, 0.3) is 0 Å². The summed E-state index contributed by atoms with van der Waals surface area (Å²) in [5.41, 5.74) is -0.437. The first-order chi connectivity index (χ1) is 12.6. The Hall–Kier alpha value is -1.81. The zero-order valence-electron chi connectivity index (χ0n) is 15.5. The van der Waals surface area contributed by atoms with Gasteiger partial charge < -0.3 is 9.26 Å². The standard InChI is InChI=1S/C17H23F3N2O4S/c1-4-7-12-14(25-11-6-10-22(3)27(23,24)5-2)9-8-13-15(12)26-21-16(13)17(18,19)20/h8-9H,4-7,10-11H2,1-3H3. The van der Waals surface area contributed by atoms with Gasteiger partial charge in [-0.05, 0) is 31.9 Å². The van der Waals surface area contributed by atoms with Crippen molar-refractivity contribution in [2.24, 2.45) is 0 Å². The molecule has 0 saturated heterocycles. The van der Waals surface area contributed by atoms with Crippen molar-refractivity contribution in [1.29, 1.82) is 0 Å². The lowest BCUT2D eigenvalue weighted by molar-refractivity contribution is -0.141. The van der Waals surface area contributed by atoms with E-state index >= 15 is 0 Å². The van der Waals surface area contributed by atoms with E-state index in [1.807, 2.05) is 6.92 Å². The lowest BCUT2D eigenvalue weighted by Crippen LogP contribution is -2.30. The number of hydrogen-bond acceptors (Lipinski definition) is 5. The third-order valence-corrected chi connectivity index (χ3v) is 6.05. The molecule has 2 aromatic rings. The van der Waals surface area contributed by atoms with Gasteiger partial charge in [0.2, 0.25) is 10.0 Å². The number of nitrogens with zero attached hydrogens (tertiary/aromatic N) is 2. The van der Waals surface area contributed by atoms with Gasteiger partial charge in [0.05, 0.1) is 17.7 Å². The average molecular weight is 408 g/mol. The molecule has 0 spiro atoms. The van der Waals surface area contributed by atoms with Crippen molar-refractivity contribution < 1.29 is 30.8 Å². The van der Waals surface area contributed by atoms with E-state index in [2.05, 4.69) is 5.16 Å². The lowest BCUT2D eigenvalue weighted by atomic mass is 10.0. The fourth-order valence-electron chi connectivity index (χ4n) is 2.70. The van der Waals surface area contributed by atoms with Crippen LogP contribution < -0.4 is 4.74 Å². The molecule has 0 amide bonds. The van der Waals surface area contributed by atoms with Crippen molar-refractivity contribution in [3.8, 4) is 5.75 Å². The number of alkyl halides is 3. The van der Waals surface area contributed by atoms with Crippen LogP contribution in [-0.2, 0) is 22.6 Å². The van der Waals surface area contributed by atoms with Gasteiger partial charge in [0, 0.05) is 19.2 Å². The Kier molecular flexibility index (Phi) is 6.74. The first-order valence-electron chi connectivity index (χ1n) is 8.67. The van der Waals surface area contributed by atoms with Gasteiger partial charge in [-0.2, -0.15) is 13.2 Å². The highest BCUT2D eigenvalue weighted by Gasteiger charge is 2.37. The molecule has 27 heavy (non-hydrogen) atoms. The van der Waals surface area contributed by atoms with Crippen molar-refractivity contribution >= 4 is 21.0 Å². The van der Waals surface area contributed by atoms with Crippen LogP contribution in [0.25, 0.3) is 11.0 Å². The molecule has 6 nitrogen and oxygen atoms in total. The molecule has 0 fully saturated rings. The maximum Gasteiger partial charge on any atom is 0.437 e. The van der Waals surface area contributed by atoms with Crippen LogP contribution in [0.3, 0.4) is 0 Å². The number of hydrogen-bond donors (Lipinski definition) is 0. The van der Waals surface area contributed by atoms with Crippen molar-refractivity contribution in [2.45, 2.75) is 39.3 Å². The molecule has 152 valence electrons. The molecule has 10 heteroatoms. The van der Waals surface area contributed by atoms with Gasteiger partial charge in [-0.15, -0.1) is 0 Å². The molecule has 0 N–H and O–H groups in total. The van der Waals surface area contributed by atoms with Gasteiger partial charge in [0.1, 0.15) is 5.75 Å². The molecular formula is C17H23F3N2O4S.